The van der Waals surface area contributed by atoms with Gasteiger partial charge in [0.25, 0.3) is 0 Å². The second-order valence-corrected chi connectivity index (χ2v) is 9.73. The van der Waals surface area contributed by atoms with Crippen LogP contribution in [0.2, 0.25) is 0 Å². The molecule has 39 heavy (non-hydrogen) atoms. The van der Waals surface area contributed by atoms with E-state index in [1.807, 2.05) is 42.6 Å². The number of carbonyl (C=O) groups is 1. The molecule has 6 aromatic rings. The molecule has 1 unspecified atom stereocenters. The van der Waals surface area contributed by atoms with Crippen molar-refractivity contribution in [2.75, 3.05) is 0 Å². The van der Waals surface area contributed by atoms with E-state index in [4.69, 9.17) is 5.73 Å². The molecule has 0 radical (unpaired) electrons. The number of para-hydroxylation sites is 1. The van der Waals surface area contributed by atoms with Gasteiger partial charge < -0.3 is 15.8 Å². The highest BCUT2D eigenvalue weighted by molar-refractivity contribution is 5.88. The molecule has 0 aliphatic heterocycles. The van der Waals surface area contributed by atoms with E-state index in [0.29, 0.717) is 29.7 Å². The smallest absolute Gasteiger partial charge is 0.354 e. The fourth-order valence-electron chi connectivity index (χ4n) is 5.29. The van der Waals surface area contributed by atoms with E-state index < -0.39 is 5.97 Å². The lowest BCUT2D eigenvalue weighted by atomic mass is 9.93. The monoisotopic (exact) mass is 519 g/mol. The number of H-pyrrole nitrogens is 1. The minimum absolute atomic E-state index is 0.0595. The summed E-state index contributed by atoms with van der Waals surface area (Å²) in [6, 6.07) is 20.1. The number of nitrogens with two attached hydrogens (primary N) is 1. The second kappa shape index (κ2) is 9.81. The summed E-state index contributed by atoms with van der Waals surface area (Å²) in [4.78, 5) is 24.5. The van der Waals surface area contributed by atoms with Crippen molar-refractivity contribution in [1.29, 1.82) is 0 Å². The number of aromatic nitrogens is 4. The van der Waals surface area contributed by atoms with E-state index >= 15 is 0 Å². The molecule has 2 aromatic carbocycles. The number of aromatic carboxylic acids is 1. The van der Waals surface area contributed by atoms with Gasteiger partial charge >= 0.3 is 5.97 Å². The number of pyridine rings is 2. The molecule has 0 aliphatic rings. The highest BCUT2D eigenvalue weighted by Crippen LogP contribution is 2.35. The molecule has 4 heterocycles. The van der Waals surface area contributed by atoms with Gasteiger partial charge in [-0.25, -0.2) is 14.2 Å². The predicted molar refractivity (Wildman–Crippen MR) is 149 cm³/mol. The van der Waals surface area contributed by atoms with Crippen molar-refractivity contribution < 1.29 is 14.3 Å². The number of aryl methyl sites for hydroxylation is 1. The van der Waals surface area contributed by atoms with Crippen LogP contribution in [-0.2, 0) is 12.8 Å². The normalized spacial score (nSPS) is 12.3. The molecule has 0 aliphatic carbocycles. The van der Waals surface area contributed by atoms with Gasteiger partial charge in [-0.05, 0) is 66.9 Å². The molecule has 0 bridgehead atoms. The molecule has 0 amide bonds. The van der Waals surface area contributed by atoms with Gasteiger partial charge in [-0.15, -0.1) is 0 Å². The summed E-state index contributed by atoms with van der Waals surface area (Å²) >= 11 is 0. The number of carboxylic acids is 1. The molecule has 4 aromatic heterocycles. The van der Waals surface area contributed by atoms with Crippen LogP contribution >= 0.6 is 0 Å². The average Bonchev–Trinajstić information content (AvgIpc) is 3.55. The van der Waals surface area contributed by atoms with E-state index in [-0.39, 0.29) is 17.6 Å². The lowest BCUT2D eigenvalue weighted by molar-refractivity contribution is 0.0689. The number of fused-ring (bicyclic) bond motifs is 2. The topological polar surface area (TPSA) is 109 Å². The van der Waals surface area contributed by atoms with E-state index in [1.54, 1.807) is 35.7 Å². The Morgan fingerprint density at radius 1 is 1.05 bits per heavy atom. The molecule has 4 N–H and O–H groups in total. The molecule has 1 atom stereocenters. The van der Waals surface area contributed by atoms with Crippen LogP contribution in [-0.4, -0.2) is 36.5 Å². The summed E-state index contributed by atoms with van der Waals surface area (Å²) < 4.78 is 15.7. The Morgan fingerprint density at radius 2 is 1.90 bits per heavy atom. The molecule has 0 spiro atoms. The van der Waals surface area contributed by atoms with Gasteiger partial charge in [0.05, 0.1) is 11.9 Å². The van der Waals surface area contributed by atoms with Crippen LogP contribution in [0.25, 0.3) is 38.9 Å². The molecule has 0 saturated heterocycles. The second-order valence-electron chi connectivity index (χ2n) is 9.73. The van der Waals surface area contributed by atoms with E-state index in [2.05, 4.69) is 21.0 Å². The highest BCUT2D eigenvalue weighted by Gasteiger charge is 2.22. The van der Waals surface area contributed by atoms with Crippen LogP contribution in [0.15, 0.2) is 85.3 Å². The van der Waals surface area contributed by atoms with Gasteiger partial charge in [0.2, 0.25) is 0 Å². The fourth-order valence-corrected chi connectivity index (χ4v) is 5.29. The van der Waals surface area contributed by atoms with Crippen LogP contribution in [0.5, 0.6) is 0 Å². The van der Waals surface area contributed by atoms with Gasteiger partial charge in [0.15, 0.2) is 5.69 Å². The number of aromatic amines is 1. The Balaban J connectivity index is 1.49. The number of hydrogen-bond acceptors (Lipinski definition) is 4. The number of benzene rings is 2. The van der Waals surface area contributed by atoms with Gasteiger partial charge in [-0.2, -0.15) is 0 Å². The van der Waals surface area contributed by atoms with Crippen LogP contribution in [0.1, 0.15) is 27.3 Å². The van der Waals surface area contributed by atoms with Crippen molar-refractivity contribution in [1.82, 2.24) is 19.4 Å². The zero-order valence-corrected chi connectivity index (χ0v) is 21.2. The molecular formula is C31H26FN5O2. The van der Waals surface area contributed by atoms with Crippen LogP contribution in [0.3, 0.4) is 0 Å². The molecular weight excluding hydrogens is 493 g/mol. The Bertz CT molecular complexity index is 1860. The average molecular weight is 520 g/mol. The third kappa shape index (κ3) is 4.45. The standard InChI is InChI=1S/C31H26FN5O2/c1-18-13-19(8-10-25(18)32)30-24(6-4-12-34-30)23-9-11-29-36-17-28(31(38)39)37(29)27(23)15-21(33)14-20-16-35-26-7-3-2-5-22(20)26/h2-13,16-17,21,35H,14-15,33H2,1H3,(H,38,39). The Kier molecular flexibility index (Phi) is 6.17. The Hall–Kier alpha value is -4.82. The van der Waals surface area contributed by atoms with E-state index in [9.17, 15) is 14.3 Å². The number of carboxylic acid groups (broad SMARTS) is 1. The minimum atomic E-state index is -1.08. The van der Waals surface area contributed by atoms with Crippen molar-refractivity contribution in [2.24, 2.45) is 5.73 Å². The van der Waals surface area contributed by atoms with E-state index in [1.165, 1.54) is 12.3 Å². The van der Waals surface area contributed by atoms with Crippen LogP contribution in [0, 0.1) is 12.7 Å². The van der Waals surface area contributed by atoms with Crippen molar-refractivity contribution >= 4 is 22.5 Å². The van der Waals surface area contributed by atoms with Crippen molar-refractivity contribution in [3.8, 4) is 22.4 Å². The summed E-state index contributed by atoms with van der Waals surface area (Å²) in [6.07, 6.45) is 6.01. The first-order valence-corrected chi connectivity index (χ1v) is 12.7. The first-order chi connectivity index (χ1) is 18.9. The predicted octanol–water partition coefficient (Wildman–Crippen LogP) is 5.80. The van der Waals surface area contributed by atoms with Crippen molar-refractivity contribution in [3.63, 3.8) is 0 Å². The Morgan fingerprint density at radius 3 is 2.72 bits per heavy atom. The lowest BCUT2D eigenvalue weighted by Gasteiger charge is -2.19. The summed E-state index contributed by atoms with van der Waals surface area (Å²) in [6.45, 7) is 1.72. The molecule has 8 heteroatoms. The van der Waals surface area contributed by atoms with E-state index in [0.717, 1.165) is 38.9 Å². The Labute approximate surface area is 223 Å². The number of halogens is 1. The fraction of sp³-hybridized carbons (Fsp3) is 0.129. The van der Waals surface area contributed by atoms with Crippen molar-refractivity contribution in [2.45, 2.75) is 25.8 Å². The first kappa shape index (κ1) is 24.5. The van der Waals surface area contributed by atoms with Crippen LogP contribution in [0.4, 0.5) is 4.39 Å². The number of nitrogens with one attached hydrogen (secondary N) is 1. The lowest BCUT2D eigenvalue weighted by Crippen LogP contribution is -2.27. The van der Waals surface area contributed by atoms with Crippen molar-refractivity contribution in [3.05, 3.63) is 114 Å². The van der Waals surface area contributed by atoms with Gasteiger partial charge in [-0.3, -0.25) is 9.38 Å². The highest BCUT2D eigenvalue weighted by atomic mass is 19.1. The van der Waals surface area contributed by atoms with Gasteiger partial charge in [0.1, 0.15) is 11.5 Å². The SMILES string of the molecule is Cc1cc(-c2ncccc2-c2ccc3ncc(C(=O)O)n3c2CC(N)Cc2c[nH]c3ccccc23)ccc1F. The van der Waals surface area contributed by atoms with Gasteiger partial charge in [0, 0.05) is 58.1 Å². The third-order valence-corrected chi connectivity index (χ3v) is 7.13. The van der Waals surface area contributed by atoms with Gasteiger partial charge in [-0.1, -0.05) is 24.3 Å². The first-order valence-electron chi connectivity index (χ1n) is 12.7. The number of hydrogen-bond donors (Lipinski definition) is 3. The van der Waals surface area contributed by atoms with Crippen LogP contribution < -0.4 is 5.73 Å². The molecule has 0 saturated carbocycles. The summed E-state index contributed by atoms with van der Waals surface area (Å²) in [5.74, 6) is -1.36. The quantitative estimate of drug-likeness (QED) is 0.247. The number of imidazole rings is 1. The maximum Gasteiger partial charge on any atom is 0.354 e. The number of rotatable bonds is 7. The minimum Gasteiger partial charge on any atom is -0.477 e. The third-order valence-electron chi connectivity index (χ3n) is 7.13. The number of nitrogens with zero attached hydrogens (tertiary/aromatic N) is 3. The zero-order chi connectivity index (χ0) is 27.1. The molecule has 0 fully saturated rings. The summed E-state index contributed by atoms with van der Waals surface area (Å²) in [5.41, 5.74) is 13.7. The molecule has 6 rings (SSSR count). The molecule has 7 nitrogen and oxygen atoms in total. The summed E-state index contributed by atoms with van der Waals surface area (Å²) in [5, 5.41) is 11.1. The zero-order valence-electron chi connectivity index (χ0n) is 21.2. The largest absolute Gasteiger partial charge is 0.477 e. The maximum absolute atomic E-state index is 14.1. The molecule has 194 valence electrons. The maximum atomic E-state index is 14.1. The summed E-state index contributed by atoms with van der Waals surface area (Å²) in [7, 11) is 0.